The van der Waals surface area contributed by atoms with Crippen LogP contribution in [-0.2, 0) is 39.1 Å². The number of rotatable bonds is 11. The largest absolute Gasteiger partial charge is 0.508 e. The van der Waals surface area contributed by atoms with E-state index in [-0.39, 0.29) is 30.4 Å². The molecule has 0 aromatic heterocycles. The van der Waals surface area contributed by atoms with Crippen LogP contribution >= 0.6 is 0 Å². The highest BCUT2D eigenvalue weighted by atomic mass is 19.1. The molecular weight excluding hydrogens is 554 g/mol. The van der Waals surface area contributed by atoms with Gasteiger partial charge in [-0.05, 0) is 64.4 Å². The summed E-state index contributed by atoms with van der Waals surface area (Å²) in [4.78, 5) is 42.6. The molecule has 0 aliphatic carbocycles. The first-order chi connectivity index (χ1) is 20.1. The molecule has 3 aromatic carbocycles. The van der Waals surface area contributed by atoms with E-state index in [2.05, 4.69) is 0 Å². The second kappa shape index (κ2) is 13.8. The minimum Gasteiger partial charge on any atom is -0.508 e. The fourth-order valence-electron chi connectivity index (χ4n) is 4.96. The molecule has 0 radical (unpaired) electrons. The Morgan fingerprint density at radius 3 is 1.67 bits per heavy atom. The third-order valence-electron chi connectivity index (χ3n) is 7.57. The number of hydrogen-bond acceptors (Lipinski definition) is 5. The zero-order valence-corrected chi connectivity index (χ0v) is 25.2. The number of nitrogens with two attached hydrogens (primary N) is 2. The lowest BCUT2D eigenvalue weighted by Gasteiger charge is -2.35. The van der Waals surface area contributed by atoms with E-state index in [1.54, 1.807) is 18.2 Å². The minimum atomic E-state index is -1.10. The average Bonchev–Trinajstić information content (AvgIpc) is 2.95. The van der Waals surface area contributed by atoms with Crippen LogP contribution in [-0.4, -0.2) is 64.8 Å². The smallest absolute Gasteiger partial charge is 0.246 e. The summed E-state index contributed by atoms with van der Waals surface area (Å²) in [6.07, 6.45) is 0.206. The molecule has 0 aliphatic rings. The van der Waals surface area contributed by atoms with Crippen molar-refractivity contribution in [3.8, 4) is 5.75 Å². The van der Waals surface area contributed by atoms with E-state index in [1.807, 2.05) is 20.8 Å². The molecule has 0 fully saturated rings. The van der Waals surface area contributed by atoms with E-state index in [9.17, 15) is 28.3 Å². The number of halogens is 2. The Morgan fingerprint density at radius 2 is 1.19 bits per heavy atom. The van der Waals surface area contributed by atoms with Crippen molar-refractivity contribution in [1.29, 1.82) is 0 Å². The van der Waals surface area contributed by atoms with Crippen molar-refractivity contribution in [2.75, 3.05) is 14.1 Å². The van der Waals surface area contributed by atoms with E-state index < -0.39 is 47.5 Å². The molecule has 10 heteroatoms. The molecule has 0 saturated carbocycles. The molecule has 0 bridgehead atoms. The van der Waals surface area contributed by atoms with Crippen molar-refractivity contribution < 1.29 is 28.3 Å². The van der Waals surface area contributed by atoms with E-state index >= 15 is 0 Å². The maximum Gasteiger partial charge on any atom is 0.246 e. The maximum absolute atomic E-state index is 14.0. The van der Waals surface area contributed by atoms with Crippen LogP contribution < -0.4 is 11.5 Å². The topological polar surface area (TPSA) is 130 Å². The summed E-state index contributed by atoms with van der Waals surface area (Å²) in [6, 6.07) is 12.9. The predicted octanol–water partition coefficient (Wildman–Crippen LogP) is 3.46. The van der Waals surface area contributed by atoms with Gasteiger partial charge in [0.25, 0.3) is 0 Å². The van der Waals surface area contributed by atoms with E-state index in [1.165, 1.54) is 72.4 Å². The highest BCUT2D eigenvalue weighted by molar-refractivity contribution is 5.93. The lowest BCUT2D eigenvalue weighted by Crippen LogP contribution is -2.57. The van der Waals surface area contributed by atoms with Crippen LogP contribution in [0.5, 0.6) is 5.75 Å². The third-order valence-corrected chi connectivity index (χ3v) is 7.57. The molecule has 0 unspecified atom stereocenters. The quantitative estimate of drug-likeness (QED) is 0.313. The van der Waals surface area contributed by atoms with Crippen molar-refractivity contribution in [2.24, 2.45) is 11.5 Å². The Balaban J connectivity index is 1.90. The third kappa shape index (κ3) is 8.61. The van der Waals surface area contributed by atoms with Crippen molar-refractivity contribution in [3.63, 3.8) is 0 Å². The van der Waals surface area contributed by atoms with Gasteiger partial charge in [0.15, 0.2) is 0 Å². The van der Waals surface area contributed by atoms with Gasteiger partial charge in [-0.1, -0.05) is 57.2 Å². The molecule has 5 N–H and O–H groups in total. The van der Waals surface area contributed by atoms with Gasteiger partial charge in [0.1, 0.15) is 29.5 Å². The number of nitrogens with zero attached hydrogens (tertiary/aromatic N) is 2. The molecule has 3 aromatic rings. The maximum atomic E-state index is 14.0. The van der Waals surface area contributed by atoms with Gasteiger partial charge in [0.05, 0.1) is 6.04 Å². The summed E-state index contributed by atoms with van der Waals surface area (Å²) >= 11 is 0. The number of primary amides is 1. The number of amides is 3. The van der Waals surface area contributed by atoms with Gasteiger partial charge in [0, 0.05) is 26.9 Å². The van der Waals surface area contributed by atoms with Gasteiger partial charge in [-0.3, -0.25) is 14.4 Å². The number of phenolic OH excluding ortho intramolecular Hbond substituents is 1. The Labute approximate surface area is 251 Å². The highest BCUT2D eigenvalue weighted by Gasteiger charge is 2.36. The van der Waals surface area contributed by atoms with Gasteiger partial charge >= 0.3 is 0 Å². The first-order valence-corrected chi connectivity index (χ1v) is 14.0. The number of aromatic hydroxyl groups is 1. The van der Waals surface area contributed by atoms with Crippen LogP contribution in [0, 0.1) is 11.6 Å². The molecular formula is C33H40F2N4O4. The molecule has 3 rings (SSSR count). The van der Waals surface area contributed by atoms with Gasteiger partial charge in [-0.2, -0.15) is 0 Å². The Hall–Kier alpha value is -4.31. The summed E-state index contributed by atoms with van der Waals surface area (Å²) in [5, 5.41) is 10.4. The molecule has 0 saturated heterocycles. The van der Waals surface area contributed by atoms with E-state index in [4.69, 9.17) is 11.5 Å². The van der Waals surface area contributed by atoms with Crippen molar-refractivity contribution in [3.05, 3.63) is 101 Å². The normalized spacial score (nSPS) is 13.6. The number of likely N-dealkylation sites (N-methyl/N-ethyl adjacent to an activating group) is 2. The monoisotopic (exact) mass is 594 g/mol. The molecule has 0 aliphatic heterocycles. The van der Waals surface area contributed by atoms with Crippen molar-refractivity contribution in [1.82, 2.24) is 9.80 Å². The highest BCUT2D eigenvalue weighted by Crippen LogP contribution is 2.31. The fourth-order valence-corrected chi connectivity index (χ4v) is 4.96. The number of phenols is 1. The van der Waals surface area contributed by atoms with E-state index in [0.29, 0.717) is 22.3 Å². The van der Waals surface area contributed by atoms with E-state index in [0.717, 1.165) is 0 Å². The summed E-state index contributed by atoms with van der Waals surface area (Å²) in [5.41, 5.74) is 14.2. The summed E-state index contributed by atoms with van der Waals surface area (Å²) < 4.78 is 27.0. The first kappa shape index (κ1) is 33.2. The summed E-state index contributed by atoms with van der Waals surface area (Å²) in [5.74, 6) is -2.60. The predicted molar refractivity (Wildman–Crippen MR) is 161 cm³/mol. The molecule has 8 nitrogen and oxygen atoms in total. The first-order valence-electron chi connectivity index (χ1n) is 14.0. The zero-order valence-electron chi connectivity index (χ0n) is 25.2. The van der Waals surface area contributed by atoms with Gasteiger partial charge in [-0.15, -0.1) is 0 Å². The minimum absolute atomic E-state index is 0.0217. The van der Waals surface area contributed by atoms with Crippen molar-refractivity contribution in [2.45, 2.75) is 63.6 Å². The fraction of sp³-hybridized carbons (Fsp3) is 0.364. The van der Waals surface area contributed by atoms with Crippen LogP contribution in [0.1, 0.15) is 43.0 Å². The van der Waals surface area contributed by atoms with Crippen LogP contribution in [0.4, 0.5) is 8.78 Å². The zero-order chi connectivity index (χ0) is 32.1. The second-order valence-electron chi connectivity index (χ2n) is 11.9. The average molecular weight is 595 g/mol. The van der Waals surface area contributed by atoms with Gasteiger partial charge in [0.2, 0.25) is 17.7 Å². The standard InChI is InChI=1S/C33H40F2N4O4/c1-33(2,3)25-16-22(10-15-29(25)40)19-27(30(37)41)38(4)32(43)28(18-21-8-13-24(35)14-9-21)39(5)31(42)26(36)17-20-6-11-23(34)12-7-20/h6-16,26-28,40H,17-19,36H2,1-5H3,(H2,37,41)/t26-,27-,28-/m0/s1. The number of carbonyl (C=O) groups is 3. The number of carbonyl (C=O) groups excluding carboxylic acids is 3. The Kier molecular flexibility index (Phi) is 10.6. The molecule has 43 heavy (non-hydrogen) atoms. The molecule has 0 spiro atoms. The van der Waals surface area contributed by atoms with Gasteiger partial charge < -0.3 is 26.4 Å². The van der Waals surface area contributed by atoms with Crippen LogP contribution in [0.15, 0.2) is 66.7 Å². The molecule has 3 amide bonds. The Bertz CT molecular complexity index is 1440. The SMILES string of the molecule is CN(C(=O)[C@@H](N)Cc1ccc(F)cc1)[C@@H](Cc1ccc(F)cc1)C(=O)N(C)[C@@H](Cc1ccc(O)c(C(C)(C)C)c1)C(N)=O. The Morgan fingerprint density at radius 1 is 0.744 bits per heavy atom. The van der Waals surface area contributed by atoms with Crippen LogP contribution in [0.3, 0.4) is 0 Å². The van der Waals surface area contributed by atoms with Gasteiger partial charge in [-0.25, -0.2) is 8.78 Å². The second-order valence-corrected chi connectivity index (χ2v) is 11.9. The lowest BCUT2D eigenvalue weighted by molar-refractivity contribution is -0.147. The number of hydrogen-bond donors (Lipinski definition) is 3. The van der Waals surface area contributed by atoms with Crippen molar-refractivity contribution >= 4 is 17.7 Å². The molecule has 230 valence electrons. The summed E-state index contributed by atoms with van der Waals surface area (Å²) in [7, 11) is 2.89. The number of benzene rings is 3. The lowest BCUT2D eigenvalue weighted by atomic mass is 9.84. The molecule has 0 heterocycles. The van der Waals surface area contributed by atoms with Crippen LogP contribution in [0.25, 0.3) is 0 Å². The van der Waals surface area contributed by atoms with Crippen LogP contribution in [0.2, 0.25) is 0 Å². The molecule has 3 atom stereocenters. The summed E-state index contributed by atoms with van der Waals surface area (Å²) in [6.45, 7) is 5.84.